The number of amides is 3. The minimum atomic E-state index is -1.66. The molecule has 11 N–H and O–H groups in total. The Hall–Kier alpha value is -8.78. The van der Waals surface area contributed by atoms with Crippen LogP contribution in [0.3, 0.4) is 0 Å². The number of hydrogen-bond donors (Lipinski definition) is 7. The van der Waals surface area contributed by atoms with Gasteiger partial charge in [0.25, 0.3) is 11.6 Å². The molecule has 516 valence electrons. The molecule has 0 aliphatic carbocycles. The second-order valence-corrected chi connectivity index (χ2v) is 25.5. The molecule has 1 unspecified atom stereocenters. The number of benzene rings is 3. The van der Waals surface area contributed by atoms with Gasteiger partial charge in [0.1, 0.15) is 91.8 Å². The Morgan fingerprint density at radius 1 is 0.907 bits per heavy atom. The van der Waals surface area contributed by atoms with Crippen molar-refractivity contribution in [3.8, 4) is 11.4 Å². The first-order valence-corrected chi connectivity index (χ1v) is 32.8. The molecule has 0 bridgehead atoms. The molecular weight excluding hydrogens is 1350 g/mol. The van der Waals surface area contributed by atoms with Gasteiger partial charge in [-0.05, 0) is 85.5 Å². The Bertz CT molecular complexity index is 4140. The number of anilines is 3. The van der Waals surface area contributed by atoms with Crippen molar-refractivity contribution in [2.24, 2.45) is 5.73 Å². The molecule has 4 saturated heterocycles. The van der Waals surface area contributed by atoms with Crippen LogP contribution in [0.4, 0.5) is 22.0 Å². The summed E-state index contributed by atoms with van der Waals surface area (Å²) in [7, 11) is 1.27. The summed E-state index contributed by atoms with van der Waals surface area (Å²) < 4.78 is 40.5. The van der Waals surface area contributed by atoms with Crippen molar-refractivity contribution < 1.29 is 73.5 Å². The topological polar surface area (TPSA) is 424 Å². The summed E-state index contributed by atoms with van der Waals surface area (Å²) in [5.41, 5.74) is 13.3. The van der Waals surface area contributed by atoms with Gasteiger partial charge in [-0.2, -0.15) is 10.2 Å². The van der Waals surface area contributed by atoms with Gasteiger partial charge in [0.05, 0.1) is 42.7 Å². The minimum Gasteiger partial charge on any atom is -0.491 e. The zero-order chi connectivity index (χ0) is 68.0. The average Bonchev–Trinajstić information content (AvgIpc) is 1.42. The first-order chi connectivity index (χ1) is 46.2. The van der Waals surface area contributed by atoms with E-state index in [1.54, 1.807) is 40.1 Å². The van der Waals surface area contributed by atoms with Crippen LogP contribution in [0.25, 0.3) is 16.9 Å². The molecule has 0 radical (unpaired) electrons. The highest BCUT2D eigenvalue weighted by atomic mass is 35.5. The number of aliphatic hydroxyl groups is 3. The quantitative estimate of drug-likeness (QED) is 0.0426. The number of halogens is 2. The number of rotatable bonds is 20. The molecule has 32 nitrogen and oxygen atoms in total. The first kappa shape index (κ1) is 71.0. The number of carbonyl (C=O) groups excluding carboxylic acids is 3. The van der Waals surface area contributed by atoms with E-state index < -0.39 is 71.9 Å². The Morgan fingerprint density at radius 3 is 2.24 bits per heavy atom. The Kier molecular flexibility index (Phi) is 22.5. The summed E-state index contributed by atoms with van der Waals surface area (Å²) in [5, 5.41) is 51.5. The van der Waals surface area contributed by atoms with Gasteiger partial charge in [0.2, 0.25) is 11.7 Å². The number of β-lactam (4-membered cyclic amide) rings is 1. The number of nitrogens with zero attached hydrogens (tertiary/aromatic N) is 13. The molecular formula is C61H70Cl2N16O16S2. The third-order valence-corrected chi connectivity index (χ3v) is 19.4. The number of nitrogens with one attached hydrogen (secondary N) is 1. The number of imidazole rings is 1. The van der Waals surface area contributed by atoms with E-state index in [-0.39, 0.29) is 65.7 Å². The van der Waals surface area contributed by atoms with Crippen LogP contribution in [0.2, 0.25) is 10.0 Å². The molecule has 9 atom stereocenters. The number of aliphatic hydroxyl groups excluding tert-OH is 3. The number of piperazine rings is 1. The second-order valence-electron chi connectivity index (χ2n) is 22.6. The Morgan fingerprint density at radius 2 is 1.62 bits per heavy atom. The molecule has 36 heteroatoms. The third-order valence-electron chi connectivity index (χ3n) is 16.6. The minimum absolute atomic E-state index is 0. The van der Waals surface area contributed by atoms with Gasteiger partial charge in [0.15, 0.2) is 17.7 Å². The summed E-state index contributed by atoms with van der Waals surface area (Å²) in [5.74, 6) is -2.50. The van der Waals surface area contributed by atoms with Crippen LogP contribution in [0, 0.1) is 0 Å². The molecule has 0 saturated carbocycles. The normalized spacial score (nSPS) is 23.1. The highest BCUT2D eigenvalue weighted by Crippen LogP contribution is 2.47. The van der Waals surface area contributed by atoms with E-state index in [2.05, 4.69) is 74.3 Å². The van der Waals surface area contributed by atoms with Gasteiger partial charge in [-0.25, -0.2) is 48.3 Å². The smallest absolute Gasteiger partial charge is 0.404 e. The van der Waals surface area contributed by atoms with Crippen molar-refractivity contribution in [2.45, 2.75) is 86.8 Å². The Labute approximate surface area is 571 Å². The van der Waals surface area contributed by atoms with Gasteiger partial charge < -0.3 is 80.9 Å². The van der Waals surface area contributed by atoms with Gasteiger partial charge >= 0.3 is 17.8 Å². The summed E-state index contributed by atoms with van der Waals surface area (Å²) in [6.07, 6.45) is 2.79. The summed E-state index contributed by atoms with van der Waals surface area (Å²) in [4.78, 5) is 83.1. The molecule has 0 spiro atoms. The zero-order valence-corrected chi connectivity index (χ0v) is 55.5. The molecule has 4 fully saturated rings. The molecule has 5 aliphatic heterocycles. The standard InChI is InChI=1S/C35H38Cl2N8O4.C16H17N3O7S2.C10H13N5O4.H2O/c1-3-25(2)45-34(46)44(24-40-45)29-7-5-27(6-8-29)41-14-16-42(17-15-41)28-9-11-30(12-10-28)47-19-31-20-48-35(49-31,21-43-23-38-22-39-43)32-13-4-26(36)18-33(32)37;1-25-16(18-10(20)5-9-3-2-4-27-9)13(23)19-11(12(21)22)8(6-26-15(17)24)7-28-14(16)19;11-8-5-9(13-2-12-8)15(3-14-5)10-7(18)6(17)4(1-16)19-10;/h4-13,18,22-25,31H,3,14-17,19-21H2,1-2H3;2-4,14H,5-7H2,1H3,(H2,17,24)(H,18,20)(H,21,22);2-4,6-7,10,16-18H,1H2,(H2,11,12,13);1H2/t25?,31-,35-;14-,16+;4-,6-,7+,10-;/m011./s1. The molecule has 8 aromatic rings. The maximum atomic E-state index is 12.8. The molecule has 3 aromatic carbocycles. The third kappa shape index (κ3) is 15.0. The zero-order valence-electron chi connectivity index (χ0n) is 52.3. The van der Waals surface area contributed by atoms with Crippen molar-refractivity contribution in [3.05, 3.63) is 158 Å². The van der Waals surface area contributed by atoms with E-state index in [0.29, 0.717) is 40.0 Å². The number of fused-ring (bicyclic) bond motifs is 2. The summed E-state index contributed by atoms with van der Waals surface area (Å²) in [6, 6.07) is 25.2. The number of carbonyl (C=O) groups is 4. The lowest BCUT2D eigenvalue weighted by Gasteiger charge is -2.55. The van der Waals surface area contributed by atoms with Crippen LogP contribution in [0.15, 0.2) is 132 Å². The van der Waals surface area contributed by atoms with Crippen molar-refractivity contribution in [1.29, 1.82) is 0 Å². The number of hydrogen-bond acceptors (Lipinski definition) is 25. The van der Waals surface area contributed by atoms with Crippen molar-refractivity contribution >= 4 is 98.5 Å². The maximum absolute atomic E-state index is 12.8. The van der Waals surface area contributed by atoms with E-state index in [1.807, 2.05) is 55.6 Å². The van der Waals surface area contributed by atoms with Crippen molar-refractivity contribution in [1.82, 2.24) is 58.8 Å². The number of carboxylic acids is 1. The number of methoxy groups -OCH3 is 1. The number of carboxylic acid groups (broad SMARTS) is 1. The maximum Gasteiger partial charge on any atom is 0.404 e. The number of primary amides is 1. The molecule has 10 heterocycles. The van der Waals surface area contributed by atoms with Crippen LogP contribution in [0.5, 0.6) is 5.75 Å². The van der Waals surface area contributed by atoms with Crippen LogP contribution in [-0.2, 0) is 56.8 Å². The molecule has 13 rings (SSSR count). The second kappa shape index (κ2) is 30.7. The Balaban J connectivity index is 0.000000178. The monoisotopic (exact) mass is 1420 g/mol. The number of nitrogen functional groups attached to an aromatic ring is 1. The first-order valence-electron chi connectivity index (χ1n) is 30.1. The molecule has 97 heavy (non-hydrogen) atoms. The van der Waals surface area contributed by atoms with E-state index in [4.69, 9.17) is 63.5 Å². The lowest BCUT2D eigenvalue weighted by Crippen LogP contribution is -2.80. The van der Waals surface area contributed by atoms with E-state index in [9.17, 15) is 39.3 Å². The predicted octanol–water partition coefficient (Wildman–Crippen LogP) is 2.87. The van der Waals surface area contributed by atoms with Crippen LogP contribution < -0.4 is 37.0 Å². The fraction of sp³-hybridized carbons (Fsp3) is 0.393. The number of aromatic nitrogens is 10. The van der Waals surface area contributed by atoms with Crippen LogP contribution >= 0.6 is 46.3 Å². The number of aliphatic carboxylic acids is 1. The van der Waals surface area contributed by atoms with Crippen LogP contribution in [-0.4, -0.2) is 204 Å². The number of thioether (sulfide) groups is 1. The van der Waals surface area contributed by atoms with E-state index >= 15 is 0 Å². The SMILES string of the molecule is CCC(C)n1ncn(-c2ccc(N3CCN(c4ccc(OC[C@H]5CO[C@](Cn6cncn6)(c6ccc(Cl)cc6Cl)O5)cc4)CC3)cc2)c1=O.CO[C@@]1(NC(=O)Cc2cccs2)C(=O)N2C(C(=O)O)=C(COC(N)=O)CS[C@@H]21.Nc1ncnc2c1ncn2[C@@H]1O[C@H](CO)[C@@H](O)[C@@H]1O.O. The summed E-state index contributed by atoms with van der Waals surface area (Å²) >= 11 is 15.3. The number of ether oxygens (including phenoxy) is 6. The number of nitrogens with two attached hydrogens (primary N) is 2. The van der Waals surface area contributed by atoms with E-state index in [0.717, 1.165) is 65.2 Å². The van der Waals surface area contributed by atoms with Gasteiger partial charge in [-0.3, -0.25) is 19.1 Å². The van der Waals surface area contributed by atoms with Crippen LogP contribution in [0.1, 0.15) is 43.0 Å². The summed E-state index contributed by atoms with van der Waals surface area (Å²) in [6.45, 7) is 7.75. The molecule has 3 amide bonds. The fourth-order valence-corrected chi connectivity index (χ4v) is 14.1. The van der Waals surface area contributed by atoms with Gasteiger partial charge in [0, 0.05) is 71.5 Å². The highest BCUT2D eigenvalue weighted by Gasteiger charge is 2.66. The largest absolute Gasteiger partial charge is 0.491 e. The fourth-order valence-electron chi connectivity index (χ4n) is 11.4. The molecule has 5 aromatic heterocycles. The predicted molar refractivity (Wildman–Crippen MR) is 354 cm³/mol. The van der Waals surface area contributed by atoms with E-state index in [1.165, 1.54) is 58.4 Å². The molecule has 5 aliphatic rings. The van der Waals surface area contributed by atoms with Gasteiger partial charge in [-0.15, -0.1) is 23.1 Å². The van der Waals surface area contributed by atoms with Gasteiger partial charge in [-0.1, -0.05) is 42.3 Å². The lowest BCUT2D eigenvalue weighted by atomic mass is 9.98. The van der Waals surface area contributed by atoms with Crippen molar-refractivity contribution in [2.75, 3.05) is 81.0 Å². The van der Waals surface area contributed by atoms with Crippen molar-refractivity contribution in [3.63, 3.8) is 0 Å². The highest BCUT2D eigenvalue weighted by molar-refractivity contribution is 8.00. The average molecular weight is 1420 g/mol. The number of thiophene rings is 1. The lowest BCUT2D eigenvalue weighted by molar-refractivity contribution is -0.192.